The average Bonchev–Trinajstić information content (AvgIpc) is 1.19. The fourth-order valence-electron chi connectivity index (χ4n) is 0. The van der Waals surface area contributed by atoms with E-state index in [9.17, 15) is 0 Å². The summed E-state index contributed by atoms with van der Waals surface area (Å²) < 4.78 is 54.4. The molecule has 0 aromatic rings. The van der Waals surface area contributed by atoms with Crippen molar-refractivity contribution in [2.24, 2.45) is 0 Å². The van der Waals surface area contributed by atoms with E-state index in [1.165, 1.54) is 0 Å². The van der Waals surface area contributed by atoms with Gasteiger partial charge in [-0.15, -0.1) is 0 Å². The van der Waals surface area contributed by atoms with Gasteiger partial charge in [0.2, 0.25) is 0 Å². The molecule has 0 saturated carbocycles. The molecule has 7 nitrogen and oxygen atoms in total. The van der Waals surface area contributed by atoms with E-state index in [4.69, 9.17) is 30.8 Å². The third-order valence-corrected chi connectivity index (χ3v) is 0. The summed E-state index contributed by atoms with van der Waals surface area (Å²) in [6.45, 7) is 0. The van der Waals surface area contributed by atoms with Crippen LogP contribution in [0.5, 0.6) is 0 Å². The van der Waals surface area contributed by atoms with Crippen molar-refractivity contribution in [3.05, 3.63) is 0 Å². The molecule has 0 aliphatic heterocycles. The van der Waals surface area contributed by atoms with Crippen LogP contribution in [0.25, 0.3) is 0 Å². The molecule has 0 unspecified atom stereocenters. The fourth-order valence-corrected chi connectivity index (χ4v) is 0. The van der Waals surface area contributed by atoms with Gasteiger partial charge in [-0.2, -0.15) is 12.6 Å². The van der Waals surface area contributed by atoms with Gasteiger partial charge < -0.3 is 2.85 Å². The Balaban J connectivity index is -0.0000000146. The third-order valence-electron chi connectivity index (χ3n) is 0. The smallest absolute Gasteiger partial charge is 1.00 e. The number of rotatable bonds is 0. The molecule has 62 valence electrons. The molecule has 0 heterocycles. The summed E-state index contributed by atoms with van der Waals surface area (Å²) >= 11 is -2.61. The van der Waals surface area contributed by atoms with Crippen LogP contribution in [0.2, 0.25) is 0 Å². The Morgan fingerprint density at radius 2 is 1.09 bits per heavy atom. The molecule has 0 rings (SSSR count). The molecule has 0 atom stereocenters. The van der Waals surface area contributed by atoms with Gasteiger partial charge in [-0.25, -0.2) is 0 Å². The Bertz CT molecular complexity index is 165. The predicted octanol–water partition coefficient (Wildman–Crippen LogP) is -6.74. The molecule has 0 fully saturated rings. The van der Waals surface area contributed by atoms with Crippen molar-refractivity contribution < 1.29 is 92.8 Å². The molecule has 4 N–H and O–H groups in total. The molecule has 0 aromatic carbocycles. The minimum Gasteiger partial charge on any atom is -1.00 e. The van der Waals surface area contributed by atoms with Crippen LogP contribution in [0.3, 0.4) is 0 Å². The summed E-state index contributed by atoms with van der Waals surface area (Å²) in [5.41, 5.74) is 0. The zero-order valence-corrected chi connectivity index (χ0v) is 11.5. The van der Waals surface area contributed by atoms with Gasteiger partial charge in [0.1, 0.15) is 0 Å². The predicted molar refractivity (Wildman–Crippen MR) is 29.8 cm³/mol. The molecule has 11 heavy (non-hydrogen) atoms. The number of hydrogen-bond acceptors (Lipinski definition) is 3. The van der Waals surface area contributed by atoms with Crippen LogP contribution in [0.1, 0.15) is 2.85 Å². The van der Waals surface area contributed by atoms with Gasteiger partial charge in [-0.3, -0.25) is 18.2 Å². The first-order valence-electron chi connectivity index (χ1n) is 1.23. The van der Waals surface area contributed by atoms with E-state index in [0.29, 0.717) is 0 Å². The van der Waals surface area contributed by atoms with Crippen molar-refractivity contribution in [3.8, 4) is 0 Å². The van der Waals surface area contributed by atoms with E-state index in [1.807, 2.05) is 0 Å². The average molecular weight is 228 g/mol. The molecule has 11 heteroatoms. The second kappa shape index (κ2) is 11.9. The number of hydrogen-bond donors (Lipinski definition) is 4. The van der Waals surface area contributed by atoms with Crippen LogP contribution < -0.4 is 59.1 Å². The SMILES string of the molecule is O=S(=O)(O)O.O=S(O)O.[H-].[H-].[Na+].[Na+]. The van der Waals surface area contributed by atoms with Crippen LogP contribution >= 0.6 is 0 Å². The Kier molecular flexibility index (Phi) is 25.1. The maximum absolute atomic E-state index is 8.74. The van der Waals surface area contributed by atoms with E-state index in [1.54, 1.807) is 0 Å². The normalized spacial score (nSPS) is 8.45. The Morgan fingerprint density at radius 3 is 1.09 bits per heavy atom. The van der Waals surface area contributed by atoms with Gasteiger partial charge >= 0.3 is 69.5 Å². The minimum absolute atomic E-state index is 0. The van der Waals surface area contributed by atoms with Gasteiger partial charge in [-0.05, 0) is 0 Å². The summed E-state index contributed by atoms with van der Waals surface area (Å²) in [5, 5.41) is 0. The molecule has 0 amide bonds. The fraction of sp³-hybridized carbons (Fsp3) is 0. The van der Waals surface area contributed by atoms with Crippen LogP contribution in [-0.2, 0) is 21.8 Å². The standard InChI is InChI=1S/2Na.H2O4S.H2O3S.2H/c;;1-5(2,3)4;1-4(2)3;;/h;;(H2,1,2,3,4);(H2,1,2,3);;/q2*+1;;;2*-1. The third kappa shape index (κ3) is 313. The first kappa shape index (κ1) is 23.1. The van der Waals surface area contributed by atoms with Crippen molar-refractivity contribution in [2.75, 3.05) is 0 Å². The molecule has 0 bridgehead atoms. The second-order valence-electron chi connectivity index (χ2n) is 0.679. The second-order valence-corrected chi connectivity index (χ2v) is 2.04. The van der Waals surface area contributed by atoms with E-state index in [2.05, 4.69) is 0 Å². The Morgan fingerprint density at radius 1 is 1.09 bits per heavy atom. The summed E-state index contributed by atoms with van der Waals surface area (Å²) in [4.78, 5) is 0. The first-order valence-corrected chi connectivity index (χ1v) is 3.69. The van der Waals surface area contributed by atoms with Gasteiger partial charge in [0.25, 0.3) is 11.4 Å². The quantitative estimate of drug-likeness (QED) is 0.184. The topological polar surface area (TPSA) is 132 Å². The Hall–Kier alpha value is 1.94. The zero-order chi connectivity index (χ0) is 8.08. The summed E-state index contributed by atoms with van der Waals surface area (Å²) in [6, 6.07) is 0. The maximum Gasteiger partial charge on any atom is 1.00 e. The maximum atomic E-state index is 8.74. The molecule has 0 saturated heterocycles. The Labute approximate surface area is 113 Å². The van der Waals surface area contributed by atoms with Crippen molar-refractivity contribution in [2.45, 2.75) is 0 Å². The van der Waals surface area contributed by atoms with Crippen LogP contribution in [0.15, 0.2) is 0 Å². The van der Waals surface area contributed by atoms with Crippen molar-refractivity contribution in [1.29, 1.82) is 0 Å². The molecular formula is H6Na2O7S2. The monoisotopic (exact) mass is 228 g/mol. The largest absolute Gasteiger partial charge is 1.00 e. The molecular weight excluding hydrogens is 222 g/mol. The van der Waals surface area contributed by atoms with Crippen LogP contribution in [0.4, 0.5) is 0 Å². The van der Waals surface area contributed by atoms with E-state index < -0.39 is 21.8 Å². The minimum atomic E-state index is -4.67. The first-order chi connectivity index (χ1) is 3.73. The van der Waals surface area contributed by atoms with Gasteiger partial charge in [0, 0.05) is 0 Å². The van der Waals surface area contributed by atoms with Gasteiger partial charge in [0.15, 0.2) is 0 Å². The van der Waals surface area contributed by atoms with E-state index in [-0.39, 0.29) is 62.0 Å². The summed E-state index contributed by atoms with van der Waals surface area (Å²) in [7, 11) is -4.67. The summed E-state index contributed by atoms with van der Waals surface area (Å²) in [6.07, 6.45) is 0. The van der Waals surface area contributed by atoms with Crippen molar-refractivity contribution >= 4 is 21.8 Å². The van der Waals surface area contributed by atoms with Gasteiger partial charge in [-0.1, -0.05) is 0 Å². The van der Waals surface area contributed by atoms with Crippen LogP contribution in [0, 0.1) is 0 Å². The molecule has 0 aliphatic rings. The zero-order valence-electron chi connectivity index (χ0n) is 7.83. The van der Waals surface area contributed by atoms with Gasteiger partial charge in [0.05, 0.1) is 0 Å². The van der Waals surface area contributed by atoms with Crippen molar-refractivity contribution in [3.63, 3.8) is 0 Å². The van der Waals surface area contributed by atoms with E-state index in [0.717, 1.165) is 0 Å². The molecule has 0 aliphatic carbocycles. The van der Waals surface area contributed by atoms with E-state index >= 15 is 0 Å². The molecule has 0 aromatic heterocycles. The van der Waals surface area contributed by atoms with Crippen LogP contribution in [-0.4, -0.2) is 30.8 Å². The molecule has 0 spiro atoms. The molecule has 0 radical (unpaired) electrons. The van der Waals surface area contributed by atoms with Crippen molar-refractivity contribution in [1.82, 2.24) is 0 Å². The summed E-state index contributed by atoms with van der Waals surface area (Å²) in [5.74, 6) is 0.